The van der Waals surface area contributed by atoms with Crippen LogP contribution >= 0.6 is 11.6 Å². The van der Waals surface area contributed by atoms with Crippen molar-refractivity contribution in [2.24, 2.45) is 0 Å². The molecule has 1 N–H and O–H groups in total. The van der Waals surface area contributed by atoms with Crippen LogP contribution in [0.2, 0.25) is 5.02 Å². The molecule has 0 unspecified atom stereocenters. The van der Waals surface area contributed by atoms with Gasteiger partial charge in [0.1, 0.15) is 5.82 Å². The molecule has 0 bridgehead atoms. The van der Waals surface area contributed by atoms with Gasteiger partial charge in [-0.15, -0.1) is 10.2 Å². The molecule has 2 aromatic carbocycles. The molecule has 0 saturated heterocycles. The van der Waals surface area contributed by atoms with E-state index in [1.54, 1.807) is 6.20 Å². The summed E-state index contributed by atoms with van der Waals surface area (Å²) in [5.41, 5.74) is 3.93. The number of nitrogens with zero attached hydrogens (tertiary/aromatic N) is 4. The van der Waals surface area contributed by atoms with Gasteiger partial charge in [-0.25, -0.2) is 4.98 Å². The number of amides is 1. The van der Waals surface area contributed by atoms with Crippen molar-refractivity contribution in [2.45, 2.75) is 44.9 Å². The normalized spacial score (nSPS) is 14.6. The fourth-order valence-electron chi connectivity index (χ4n) is 4.56. The second-order valence-electron chi connectivity index (χ2n) is 8.32. The predicted octanol–water partition coefficient (Wildman–Crippen LogP) is 6.05. The van der Waals surface area contributed by atoms with E-state index in [2.05, 4.69) is 20.5 Å². The molecule has 32 heavy (non-hydrogen) atoms. The molecule has 0 atom stereocenters. The first-order valence-electron chi connectivity index (χ1n) is 11.0. The summed E-state index contributed by atoms with van der Waals surface area (Å²) in [5.74, 6) is 1.69. The summed E-state index contributed by atoms with van der Waals surface area (Å²) in [6.45, 7) is 1.94. The standard InChI is InChI=1S/C25H24ClN5O/c1-16-19(21-10-5-6-13-22(21)26)11-7-12-20(16)24(32)28-18-14-27-25-30-29-23(31(25)15-18)17-8-3-2-4-9-17/h5-7,10-15,17H,2-4,8-9H2,1H3,(H,28,32). The smallest absolute Gasteiger partial charge is 0.256 e. The highest BCUT2D eigenvalue weighted by Gasteiger charge is 2.22. The number of nitrogens with one attached hydrogen (secondary N) is 1. The van der Waals surface area contributed by atoms with Gasteiger partial charge in [0, 0.05) is 28.3 Å². The van der Waals surface area contributed by atoms with Gasteiger partial charge in [-0.2, -0.15) is 0 Å². The zero-order valence-electron chi connectivity index (χ0n) is 17.9. The zero-order valence-corrected chi connectivity index (χ0v) is 18.6. The number of aromatic nitrogens is 4. The maximum atomic E-state index is 13.2. The Balaban J connectivity index is 1.44. The van der Waals surface area contributed by atoms with Crippen molar-refractivity contribution < 1.29 is 4.79 Å². The summed E-state index contributed by atoms with van der Waals surface area (Å²) in [5, 5.41) is 12.3. The van der Waals surface area contributed by atoms with Gasteiger partial charge in [-0.1, -0.05) is 61.2 Å². The van der Waals surface area contributed by atoms with Gasteiger partial charge in [0.15, 0.2) is 0 Å². The summed E-state index contributed by atoms with van der Waals surface area (Å²) in [6, 6.07) is 13.3. The maximum Gasteiger partial charge on any atom is 0.256 e. The minimum atomic E-state index is -0.190. The van der Waals surface area contributed by atoms with Crippen molar-refractivity contribution in [3.63, 3.8) is 0 Å². The first kappa shape index (κ1) is 20.6. The Morgan fingerprint density at radius 1 is 1.03 bits per heavy atom. The van der Waals surface area contributed by atoms with Gasteiger partial charge in [0.25, 0.3) is 11.7 Å². The average molecular weight is 446 g/mol. The molecule has 0 spiro atoms. The van der Waals surface area contributed by atoms with E-state index in [0.717, 1.165) is 35.4 Å². The lowest BCUT2D eigenvalue weighted by Crippen LogP contribution is -2.15. The Labute approximate surface area is 191 Å². The number of halogens is 1. The molecule has 2 heterocycles. The third-order valence-corrected chi connectivity index (χ3v) is 6.59. The summed E-state index contributed by atoms with van der Waals surface area (Å²) in [7, 11) is 0. The van der Waals surface area contributed by atoms with Crippen molar-refractivity contribution in [3.05, 3.63) is 76.8 Å². The summed E-state index contributed by atoms with van der Waals surface area (Å²) < 4.78 is 1.92. The van der Waals surface area contributed by atoms with Gasteiger partial charge in [0.05, 0.1) is 11.9 Å². The molecule has 2 aromatic heterocycles. The molecule has 0 radical (unpaired) electrons. The fraction of sp³-hybridized carbons (Fsp3) is 0.280. The van der Waals surface area contributed by atoms with Gasteiger partial charge < -0.3 is 5.32 Å². The third kappa shape index (κ3) is 3.86. The zero-order chi connectivity index (χ0) is 22.1. The Morgan fingerprint density at radius 3 is 2.62 bits per heavy atom. The van der Waals surface area contributed by atoms with E-state index in [-0.39, 0.29) is 5.91 Å². The summed E-state index contributed by atoms with van der Waals surface area (Å²) in [4.78, 5) is 17.6. The Hall–Kier alpha value is -3.25. The summed E-state index contributed by atoms with van der Waals surface area (Å²) >= 11 is 6.39. The van der Waals surface area contributed by atoms with Crippen molar-refractivity contribution in [2.75, 3.05) is 5.32 Å². The predicted molar refractivity (Wildman–Crippen MR) is 126 cm³/mol. The van der Waals surface area contributed by atoms with E-state index in [1.807, 2.05) is 60.0 Å². The van der Waals surface area contributed by atoms with Crippen LogP contribution in [-0.2, 0) is 0 Å². The van der Waals surface area contributed by atoms with Crippen LogP contribution in [0.25, 0.3) is 16.9 Å². The van der Waals surface area contributed by atoms with Crippen LogP contribution in [0.5, 0.6) is 0 Å². The number of fused-ring (bicyclic) bond motifs is 1. The summed E-state index contributed by atoms with van der Waals surface area (Å²) in [6.07, 6.45) is 9.43. The number of carbonyl (C=O) groups is 1. The molecular weight excluding hydrogens is 422 g/mol. The lowest BCUT2D eigenvalue weighted by Gasteiger charge is -2.19. The van der Waals surface area contributed by atoms with E-state index in [0.29, 0.717) is 28.0 Å². The van der Waals surface area contributed by atoms with Gasteiger partial charge in [0.2, 0.25) is 0 Å². The molecule has 4 aromatic rings. The van der Waals surface area contributed by atoms with Gasteiger partial charge >= 0.3 is 0 Å². The second kappa shape index (κ2) is 8.71. The Morgan fingerprint density at radius 2 is 1.81 bits per heavy atom. The molecule has 1 amide bonds. The van der Waals surface area contributed by atoms with E-state index in [1.165, 1.54) is 19.3 Å². The van der Waals surface area contributed by atoms with Crippen molar-refractivity contribution in [3.8, 4) is 11.1 Å². The molecule has 1 fully saturated rings. The van der Waals surface area contributed by atoms with Crippen LogP contribution < -0.4 is 5.32 Å². The fourth-order valence-corrected chi connectivity index (χ4v) is 4.80. The minimum absolute atomic E-state index is 0.190. The Bertz CT molecular complexity index is 1290. The number of hydrogen-bond acceptors (Lipinski definition) is 4. The SMILES string of the molecule is Cc1c(C(=O)Nc2cnc3nnc(C4CCCCC4)n3c2)cccc1-c1ccccc1Cl. The van der Waals surface area contributed by atoms with E-state index < -0.39 is 0 Å². The topological polar surface area (TPSA) is 72.2 Å². The lowest BCUT2D eigenvalue weighted by molar-refractivity contribution is 0.102. The third-order valence-electron chi connectivity index (χ3n) is 6.26. The molecule has 1 aliphatic rings. The van der Waals surface area contributed by atoms with Crippen LogP contribution in [0, 0.1) is 6.92 Å². The number of benzene rings is 2. The molecule has 6 nitrogen and oxygen atoms in total. The largest absolute Gasteiger partial charge is 0.319 e. The van der Waals surface area contributed by atoms with E-state index in [9.17, 15) is 4.79 Å². The first-order chi connectivity index (χ1) is 15.6. The van der Waals surface area contributed by atoms with Crippen LogP contribution in [0.3, 0.4) is 0 Å². The molecule has 5 rings (SSSR count). The van der Waals surface area contributed by atoms with Crippen molar-refractivity contribution >= 4 is 29.0 Å². The number of anilines is 1. The van der Waals surface area contributed by atoms with Crippen LogP contribution in [0.15, 0.2) is 54.9 Å². The number of rotatable bonds is 4. The number of hydrogen-bond donors (Lipinski definition) is 1. The van der Waals surface area contributed by atoms with Gasteiger partial charge in [-0.3, -0.25) is 9.20 Å². The Kier molecular flexibility index (Phi) is 5.62. The molecule has 1 aliphatic carbocycles. The average Bonchev–Trinajstić information content (AvgIpc) is 3.24. The van der Waals surface area contributed by atoms with Crippen molar-refractivity contribution in [1.29, 1.82) is 0 Å². The second-order valence-corrected chi connectivity index (χ2v) is 8.73. The van der Waals surface area contributed by atoms with E-state index >= 15 is 0 Å². The van der Waals surface area contributed by atoms with Crippen LogP contribution in [-0.4, -0.2) is 25.5 Å². The number of carbonyl (C=O) groups excluding carboxylic acids is 1. The molecule has 162 valence electrons. The molecular formula is C25H24ClN5O. The minimum Gasteiger partial charge on any atom is -0.319 e. The van der Waals surface area contributed by atoms with E-state index in [4.69, 9.17) is 11.6 Å². The lowest BCUT2D eigenvalue weighted by atomic mass is 9.89. The highest BCUT2D eigenvalue weighted by molar-refractivity contribution is 6.33. The highest BCUT2D eigenvalue weighted by Crippen LogP contribution is 2.33. The molecule has 7 heteroatoms. The van der Waals surface area contributed by atoms with Crippen LogP contribution in [0.4, 0.5) is 5.69 Å². The molecule has 1 saturated carbocycles. The van der Waals surface area contributed by atoms with Crippen LogP contribution in [0.1, 0.15) is 59.8 Å². The molecule has 0 aliphatic heterocycles. The highest BCUT2D eigenvalue weighted by atomic mass is 35.5. The first-order valence-corrected chi connectivity index (χ1v) is 11.4. The monoisotopic (exact) mass is 445 g/mol. The van der Waals surface area contributed by atoms with Crippen molar-refractivity contribution in [1.82, 2.24) is 19.6 Å². The van der Waals surface area contributed by atoms with Gasteiger partial charge in [-0.05, 0) is 43.0 Å². The maximum absolute atomic E-state index is 13.2. The quantitative estimate of drug-likeness (QED) is 0.414.